The van der Waals surface area contributed by atoms with Crippen LogP contribution in [0.1, 0.15) is 16.5 Å². The van der Waals surface area contributed by atoms with Crippen LogP contribution in [0.5, 0.6) is 0 Å². The Morgan fingerprint density at radius 2 is 1.85 bits per heavy atom. The van der Waals surface area contributed by atoms with Crippen molar-refractivity contribution < 1.29 is 4.39 Å². The molecule has 1 N–H and O–H groups in total. The standard InChI is InChI=1S/C15H17FN2S.ClH/c16-13-5-2-1-4-12(13)15(14-6-3-11-19-14)18-9-7-17-8-10-18;/h1-6,11,15,17H,7-10H2;1H/t15-;/m0./s1. The molecule has 0 saturated carbocycles. The third-order valence-corrected chi connectivity index (χ3v) is 4.45. The van der Waals surface area contributed by atoms with Gasteiger partial charge in [-0.3, -0.25) is 4.90 Å². The lowest BCUT2D eigenvalue weighted by Gasteiger charge is -2.34. The highest BCUT2D eigenvalue weighted by molar-refractivity contribution is 7.10. The van der Waals surface area contributed by atoms with Gasteiger partial charge in [0.15, 0.2) is 0 Å². The highest BCUT2D eigenvalue weighted by Gasteiger charge is 2.26. The Morgan fingerprint density at radius 1 is 1.10 bits per heavy atom. The van der Waals surface area contributed by atoms with E-state index in [-0.39, 0.29) is 24.3 Å². The first-order valence-electron chi connectivity index (χ1n) is 6.59. The fourth-order valence-corrected chi connectivity index (χ4v) is 3.49. The van der Waals surface area contributed by atoms with E-state index in [9.17, 15) is 4.39 Å². The Labute approximate surface area is 129 Å². The molecule has 0 amide bonds. The van der Waals surface area contributed by atoms with E-state index in [1.54, 1.807) is 23.5 Å². The number of benzene rings is 1. The Bertz CT molecular complexity index is 526. The molecule has 2 nitrogen and oxygen atoms in total. The van der Waals surface area contributed by atoms with Crippen LogP contribution in [0, 0.1) is 5.82 Å². The topological polar surface area (TPSA) is 15.3 Å². The quantitative estimate of drug-likeness (QED) is 0.935. The summed E-state index contributed by atoms with van der Waals surface area (Å²) in [6.07, 6.45) is 0. The van der Waals surface area contributed by atoms with E-state index in [0.717, 1.165) is 31.7 Å². The van der Waals surface area contributed by atoms with Crippen LogP contribution in [0.15, 0.2) is 41.8 Å². The van der Waals surface area contributed by atoms with Crippen LogP contribution < -0.4 is 5.32 Å². The van der Waals surface area contributed by atoms with Crippen molar-refractivity contribution in [1.82, 2.24) is 10.2 Å². The summed E-state index contributed by atoms with van der Waals surface area (Å²) in [6, 6.07) is 11.3. The van der Waals surface area contributed by atoms with Crippen LogP contribution in [-0.4, -0.2) is 31.1 Å². The van der Waals surface area contributed by atoms with E-state index in [2.05, 4.69) is 21.7 Å². The molecule has 1 aliphatic rings. The molecule has 2 aromatic rings. The van der Waals surface area contributed by atoms with Gasteiger partial charge in [-0.05, 0) is 17.5 Å². The first-order chi connectivity index (χ1) is 9.36. The molecule has 0 bridgehead atoms. The summed E-state index contributed by atoms with van der Waals surface area (Å²) in [5.41, 5.74) is 0.784. The fraction of sp³-hybridized carbons (Fsp3) is 0.333. The van der Waals surface area contributed by atoms with Crippen LogP contribution in [0.3, 0.4) is 0 Å². The number of nitrogens with zero attached hydrogens (tertiary/aromatic N) is 1. The van der Waals surface area contributed by atoms with E-state index < -0.39 is 0 Å². The summed E-state index contributed by atoms with van der Waals surface area (Å²) in [6.45, 7) is 3.85. The van der Waals surface area contributed by atoms with Crippen molar-refractivity contribution in [3.63, 3.8) is 0 Å². The number of thiophene rings is 1. The monoisotopic (exact) mass is 312 g/mol. The van der Waals surface area contributed by atoms with Gasteiger partial charge >= 0.3 is 0 Å². The zero-order chi connectivity index (χ0) is 13.1. The molecule has 0 aliphatic carbocycles. The predicted molar refractivity (Wildman–Crippen MR) is 84.3 cm³/mol. The van der Waals surface area contributed by atoms with E-state index in [1.807, 2.05) is 18.2 Å². The van der Waals surface area contributed by atoms with Crippen molar-refractivity contribution in [3.8, 4) is 0 Å². The number of nitrogens with one attached hydrogen (secondary N) is 1. The first kappa shape index (κ1) is 15.4. The van der Waals surface area contributed by atoms with Gasteiger partial charge in [-0.25, -0.2) is 4.39 Å². The van der Waals surface area contributed by atoms with Crippen LogP contribution >= 0.6 is 23.7 Å². The molecule has 1 saturated heterocycles. The maximum Gasteiger partial charge on any atom is 0.128 e. The lowest BCUT2D eigenvalue weighted by atomic mass is 10.0. The second-order valence-electron chi connectivity index (χ2n) is 4.73. The van der Waals surface area contributed by atoms with Gasteiger partial charge in [-0.15, -0.1) is 23.7 Å². The third kappa shape index (κ3) is 3.20. The van der Waals surface area contributed by atoms with Crippen molar-refractivity contribution in [2.75, 3.05) is 26.2 Å². The average Bonchev–Trinajstić information content (AvgIpc) is 2.96. The van der Waals surface area contributed by atoms with Crippen LogP contribution in [-0.2, 0) is 0 Å². The molecule has 1 aromatic heterocycles. The number of rotatable bonds is 3. The van der Waals surface area contributed by atoms with Crippen LogP contribution in [0.4, 0.5) is 4.39 Å². The van der Waals surface area contributed by atoms with Crippen molar-refractivity contribution >= 4 is 23.7 Å². The molecule has 3 rings (SSSR count). The van der Waals surface area contributed by atoms with Gasteiger partial charge in [0, 0.05) is 36.6 Å². The molecule has 1 aromatic carbocycles. The number of hydrogen-bond acceptors (Lipinski definition) is 3. The molecule has 1 atom stereocenters. The van der Waals surface area contributed by atoms with Crippen molar-refractivity contribution in [1.29, 1.82) is 0 Å². The molecule has 108 valence electrons. The highest BCUT2D eigenvalue weighted by atomic mass is 35.5. The molecule has 5 heteroatoms. The van der Waals surface area contributed by atoms with Gasteiger partial charge in [0.1, 0.15) is 5.82 Å². The molecular formula is C15H18ClFN2S. The lowest BCUT2D eigenvalue weighted by Crippen LogP contribution is -2.45. The van der Waals surface area contributed by atoms with Gasteiger partial charge in [-0.2, -0.15) is 0 Å². The van der Waals surface area contributed by atoms with Gasteiger partial charge < -0.3 is 5.32 Å². The lowest BCUT2D eigenvalue weighted by molar-refractivity contribution is 0.197. The Morgan fingerprint density at radius 3 is 2.50 bits per heavy atom. The Balaban J connectivity index is 0.00000147. The van der Waals surface area contributed by atoms with Gasteiger partial charge in [0.25, 0.3) is 0 Å². The second-order valence-corrected chi connectivity index (χ2v) is 5.70. The normalized spacial score (nSPS) is 17.4. The minimum absolute atomic E-state index is 0. The van der Waals surface area contributed by atoms with Gasteiger partial charge in [0.05, 0.1) is 6.04 Å². The summed E-state index contributed by atoms with van der Waals surface area (Å²) in [5, 5.41) is 5.41. The summed E-state index contributed by atoms with van der Waals surface area (Å²) in [5.74, 6) is -0.112. The number of piperazine rings is 1. The minimum atomic E-state index is -0.112. The van der Waals surface area contributed by atoms with Gasteiger partial charge in [-0.1, -0.05) is 24.3 Å². The molecule has 1 aliphatic heterocycles. The van der Waals surface area contributed by atoms with E-state index in [1.165, 1.54) is 4.88 Å². The Hall–Kier alpha value is -0.940. The molecular weight excluding hydrogens is 295 g/mol. The largest absolute Gasteiger partial charge is 0.314 e. The number of hydrogen-bond donors (Lipinski definition) is 1. The highest BCUT2D eigenvalue weighted by Crippen LogP contribution is 2.33. The molecule has 20 heavy (non-hydrogen) atoms. The molecule has 0 unspecified atom stereocenters. The predicted octanol–water partition coefficient (Wildman–Crippen LogP) is 3.30. The minimum Gasteiger partial charge on any atom is -0.314 e. The van der Waals surface area contributed by atoms with E-state index in [0.29, 0.717) is 0 Å². The third-order valence-electron chi connectivity index (χ3n) is 3.53. The molecule has 1 fully saturated rings. The van der Waals surface area contributed by atoms with Crippen LogP contribution in [0.2, 0.25) is 0 Å². The van der Waals surface area contributed by atoms with Crippen molar-refractivity contribution in [2.24, 2.45) is 0 Å². The van der Waals surface area contributed by atoms with Crippen molar-refractivity contribution in [2.45, 2.75) is 6.04 Å². The van der Waals surface area contributed by atoms with Gasteiger partial charge in [0.2, 0.25) is 0 Å². The summed E-state index contributed by atoms with van der Waals surface area (Å²) < 4.78 is 14.1. The zero-order valence-corrected chi connectivity index (χ0v) is 12.7. The maximum atomic E-state index is 14.1. The van der Waals surface area contributed by atoms with E-state index in [4.69, 9.17) is 0 Å². The molecule has 0 spiro atoms. The SMILES string of the molecule is Cl.Fc1ccccc1[C@@H](c1cccs1)N1CCNCC1. The summed E-state index contributed by atoms with van der Waals surface area (Å²) >= 11 is 1.70. The zero-order valence-electron chi connectivity index (χ0n) is 11.1. The summed E-state index contributed by atoms with van der Waals surface area (Å²) in [7, 11) is 0. The maximum absolute atomic E-state index is 14.1. The summed E-state index contributed by atoms with van der Waals surface area (Å²) in [4.78, 5) is 3.58. The first-order valence-corrected chi connectivity index (χ1v) is 7.47. The molecule has 2 heterocycles. The fourth-order valence-electron chi connectivity index (χ4n) is 2.61. The van der Waals surface area contributed by atoms with Crippen molar-refractivity contribution in [3.05, 3.63) is 58.0 Å². The smallest absolute Gasteiger partial charge is 0.128 e. The second kappa shape index (κ2) is 7.18. The Kier molecular flexibility index (Phi) is 5.54. The van der Waals surface area contributed by atoms with Crippen LogP contribution in [0.25, 0.3) is 0 Å². The molecule has 0 radical (unpaired) electrons. The van der Waals surface area contributed by atoms with E-state index >= 15 is 0 Å². The average molecular weight is 313 g/mol. The number of halogens is 2.